The lowest BCUT2D eigenvalue weighted by Gasteiger charge is -1.93. The SMILES string of the molecule is Cn1cc(Cl)ccc1=O. The predicted molar refractivity (Wildman–Crippen MR) is 36.7 cm³/mol. The van der Waals surface area contributed by atoms with Gasteiger partial charge in [-0.2, -0.15) is 0 Å². The van der Waals surface area contributed by atoms with Crippen molar-refractivity contribution >= 4 is 11.6 Å². The molecule has 0 spiro atoms. The molecule has 1 aromatic rings. The maximum absolute atomic E-state index is 10.7. The summed E-state index contributed by atoms with van der Waals surface area (Å²) in [5.41, 5.74) is -0.0422. The van der Waals surface area contributed by atoms with E-state index in [-0.39, 0.29) is 5.56 Å². The van der Waals surface area contributed by atoms with Crippen LogP contribution in [0.25, 0.3) is 0 Å². The Bertz CT molecular complexity index is 266. The maximum Gasteiger partial charge on any atom is 0.250 e. The van der Waals surface area contributed by atoms with Crippen molar-refractivity contribution in [2.75, 3.05) is 0 Å². The first-order chi connectivity index (χ1) is 4.20. The van der Waals surface area contributed by atoms with Crippen molar-refractivity contribution in [2.24, 2.45) is 7.05 Å². The number of aryl methyl sites for hydroxylation is 1. The molecular weight excluding hydrogens is 138 g/mol. The van der Waals surface area contributed by atoms with E-state index in [1.165, 1.54) is 10.6 Å². The second kappa shape index (κ2) is 2.23. The molecule has 0 N–H and O–H groups in total. The van der Waals surface area contributed by atoms with E-state index in [0.29, 0.717) is 5.02 Å². The molecule has 0 aliphatic rings. The van der Waals surface area contributed by atoms with E-state index in [1.54, 1.807) is 19.3 Å². The van der Waals surface area contributed by atoms with Crippen LogP contribution in [0.15, 0.2) is 23.1 Å². The van der Waals surface area contributed by atoms with Crippen molar-refractivity contribution in [3.05, 3.63) is 33.7 Å². The quantitative estimate of drug-likeness (QED) is 0.532. The van der Waals surface area contributed by atoms with Crippen LogP contribution in [0.4, 0.5) is 0 Å². The monoisotopic (exact) mass is 143 g/mol. The van der Waals surface area contributed by atoms with Crippen molar-refractivity contribution in [3.8, 4) is 0 Å². The Balaban J connectivity index is 3.34. The van der Waals surface area contributed by atoms with Gasteiger partial charge in [0.2, 0.25) is 5.56 Å². The summed E-state index contributed by atoms with van der Waals surface area (Å²) in [6.07, 6.45) is 1.57. The summed E-state index contributed by atoms with van der Waals surface area (Å²) in [5, 5.41) is 0.581. The summed E-state index contributed by atoms with van der Waals surface area (Å²) >= 11 is 5.56. The van der Waals surface area contributed by atoms with E-state index < -0.39 is 0 Å². The van der Waals surface area contributed by atoms with Crippen molar-refractivity contribution in [1.29, 1.82) is 0 Å². The second-order valence-electron chi connectivity index (χ2n) is 1.80. The summed E-state index contributed by atoms with van der Waals surface area (Å²) < 4.78 is 1.43. The third-order valence-electron chi connectivity index (χ3n) is 1.05. The van der Waals surface area contributed by atoms with Crippen LogP contribution in [0.2, 0.25) is 5.02 Å². The Labute approximate surface area is 57.7 Å². The first-order valence-corrected chi connectivity index (χ1v) is 2.90. The Hall–Kier alpha value is -0.760. The number of nitrogens with zero attached hydrogens (tertiary/aromatic N) is 1. The van der Waals surface area contributed by atoms with Crippen LogP contribution in [-0.4, -0.2) is 4.57 Å². The lowest BCUT2D eigenvalue weighted by Crippen LogP contribution is -2.13. The zero-order valence-electron chi connectivity index (χ0n) is 4.97. The molecule has 0 bridgehead atoms. The predicted octanol–water partition coefficient (Wildman–Crippen LogP) is 1.04. The molecule has 0 aliphatic heterocycles. The van der Waals surface area contributed by atoms with Gasteiger partial charge in [0.25, 0.3) is 0 Å². The van der Waals surface area contributed by atoms with Crippen LogP contribution in [0.5, 0.6) is 0 Å². The Morgan fingerprint density at radius 1 is 1.56 bits per heavy atom. The Morgan fingerprint density at radius 3 is 2.67 bits per heavy atom. The molecule has 0 saturated heterocycles. The molecule has 3 heteroatoms. The van der Waals surface area contributed by atoms with Crippen LogP contribution >= 0.6 is 11.6 Å². The number of hydrogen-bond donors (Lipinski definition) is 0. The highest BCUT2D eigenvalue weighted by Crippen LogP contribution is 2.01. The average Bonchev–Trinajstić information content (AvgIpc) is 1.80. The topological polar surface area (TPSA) is 22.0 Å². The molecular formula is C6H6ClNO. The van der Waals surface area contributed by atoms with Crippen LogP contribution in [-0.2, 0) is 7.05 Å². The number of hydrogen-bond acceptors (Lipinski definition) is 1. The van der Waals surface area contributed by atoms with E-state index in [4.69, 9.17) is 11.6 Å². The molecule has 1 heterocycles. The second-order valence-corrected chi connectivity index (χ2v) is 2.23. The standard InChI is InChI=1S/C6H6ClNO/c1-8-4-5(7)2-3-6(8)9/h2-4H,1H3. The molecule has 0 saturated carbocycles. The number of rotatable bonds is 0. The number of pyridine rings is 1. The van der Waals surface area contributed by atoms with E-state index in [0.717, 1.165) is 0 Å². The van der Waals surface area contributed by atoms with E-state index >= 15 is 0 Å². The highest BCUT2D eigenvalue weighted by atomic mass is 35.5. The fraction of sp³-hybridized carbons (Fsp3) is 0.167. The zero-order chi connectivity index (χ0) is 6.85. The molecule has 0 fully saturated rings. The van der Waals surface area contributed by atoms with Gasteiger partial charge in [0.05, 0.1) is 5.02 Å². The van der Waals surface area contributed by atoms with Gasteiger partial charge < -0.3 is 4.57 Å². The summed E-state index contributed by atoms with van der Waals surface area (Å²) in [6, 6.07) is 3.01. The third kappa shape index (κ3) is 1.33. The largest absolute Gasteiger partial charge is 0.317 e. The molecule has 0 aliphatic carbocycles. The Kier molecular flexibility index (Phi) is 1.58. The third-order valence-corrected chi connectivity index (χ3v) is 1.27. The van der Waals surface area contributed by atoms with Gasteiger partial charge >= 0.3 is 0 Å². The highest BCUT2D eigenvalue weighted by Gasteiger charge is 1.87. The molecule has 9 heavy (non-hydrogen) atoms. The number of halogens is 1. The van der Waals surface area contributed by atoms with Crippen LogP contribution in [0, 0.1) is 0 Å². The molecule has 0 aromatic carbocycles. The van der Waals surface area contributed by atoms with Crippen molar-refractivity contribution < 1.29 is 0 Å². The maximum atomic E-state index is 10.7. The summed E-state index contributed by atoms with van der Waals surface area (Å²) in [4.78, 5) is 10.7. The van der Waals surface area contributed by atoms with Gasteiger partial charge in [-0.1, -0.05) is 11.6 Å². The first kappa shape index (κ1) is 6.36. The minimum Gasteiger partial charge on any atom is -0.317 e. The molecule has 0 amide bonds. The van der Waals surface area contributed by atoms with Crippen LogP contribution < -0.4 is 5.56 Å². The smallest absolute Gasteiger partial charge is 0.250 e. The summed E-state index contributed by atoms with van der Waals surface area (Å²) in [5.74, 6) is 0. The highest BCUT2D eigenvalue weighted by molar-refractivity contribution is 6.30. The lowest BCUT2D eigenvalue weighted by molar-refractivity contribution is 0.860. The lowest BCUT2D eigenvalue weighted by atomic mass is 10.5. The van der Waals surface area contributed by atoms with Crippen LogP contribution in [0.1, 0.15) is 0 Å². The summed E-state index contributed by atoms with van der Waals surface area (Å²) in [6.45, 7) is 0. The zero-order valence-corrected chi connectivity index (χ0v) is 5.72. The fourth-order valence-electron chi connectivity index (χ4n) is 0.560. The van der Waals surface area contributed by atoms with Gasteiger partial charge in [-0.3, -0.25) is 4.79 Å². The molecule has 0 radical (unpaired) electrons. The van der Waals surface area contributed by atoms with Gasteiger partial charge in [-0.25, -0.2) is 0 Å². The molecule has 0 atom stereocenters. The average molecular weight is 144 g/mol. The van der Waals surface area contributed by atoms with Gasteiger partial charge in [0, 0.05) is 19.3 Å². The van der Waals surface area contributed by atoms with Crippen LogP contribution in [0.3, 0.4) is 0 Å². The van der Waals surface area contributed by atoms with Gasteiger partial charge in [0.1, 0.15) is 0 Å². The van der Waals surface area contributed by atoms with E-state index in [1.807, 2.05) is 0 Å². The number of aromatic nitrogens is 1. The minimum atomic E-state index is -0.0422. The van der Waals surface area contributed by atoms with Crippen molar-refractivity contribution in [1.82, 2.24) is 4.57 Å². The molecule has 1 rings (SSSR count). The summed E-state index contributed by atoms with van der Waals surface area (Å²) in [7, 11) is 1.66. The van der Waals surface area contributed by atoms with Crippen molar-refractivity contribution in [3.63, 3.8) is 0 Å². The Morgan fingerprint density at radius 2 is 2.22 bits per heavy atom. The minimum absolute atomic E-state index is 0.0422. The molecule has 2 nitrogen and oxygen atoms in total. The van der Waals surface area contributed by atoms with E-state index in [2.05, 4.69) is 0 Å². The van der Waals surface area contributed by atoms with Gasteiger partial charge in [0.15, 0.2) is 0 Å². The first-order valence-electron chi connectivity index (χ1n) is 2.52. The molecule has 1 aromatic heterocycles. The fourth-order valence-corrected chi connectivity index (χ4v) is 0.769. The van der Waals surface area contributed by atoms with E-state index in [9.17, 15) is 4.79 Å². The van der Waals surface area contributed by atoms with Gasteiger partial charge in [-0.05, 0) is 6.07 Å². The molecule has 48 valence electrons. The van der Waals surface area contributed by atoms with Gasteiger partial charge in [-0.15, -0.1) is 0 Å². The normalized spacial score (nSPS) is 9.56. The molecule has 0 unspecified atom stereocenters. The van der Waals surface area contributed by atoms with Crippen molar-refractivity contribution in [2.45, 2.75) is 0 Å².